The number of rotatable bonds is 8. The Hall–Kier alpha value is -2.88. The highest BCUT2D eigenvalue weighted by Gasteiger charge is 2.15. The van der Waals surface area contributed by atoms with E-state index in [0.29, 0.717) is 17.2 Å². The molecule has 4 rings (SSSR count). The summed E-state index contributed by atoms with van der Waals surface area (Å²) in [6.07, 6.45) is 0. The molecule has 2 aromatic carbocycles. The minimum absolute atomic E-state index is 0.192. The lowest BCUT2D eigenvalue weighted by molar-refractivity contribution is 0.134. The highest BCUT2D eigenvalue weighted by Crippen LogP contribution is 2.30. The monoisotopic (exact) mass is 468 g/mol. The van der Waals surface area contributed by atoms with Crippen LogP contribution in [0.5, 0.6) is 11.5 Å². The molecule has 0 radical (unpaired) electrons. The fourth-order valence-corrected chi connectivity index (χ4v) is 4.05. The van der Waals surface area contributed by atoms with Gasteiger partial charge in [-0.3, -0.25) is 10.3 Å². The summed E-state index contributed by atoms with van der Waals surface area (Å²) in [7, 11) is 2.16. The van der Waals surface area contributed by atoms with E-state index in [0.717, 1.165) is 55.3 Å². The number of nitrogens with zero attached hydrogens (tertiary/aromatic N) is 4. The van der Waals surface area contributed by atoms with Gasteiger partial charge in [0.1, 0.15) is 18.1 Å². The third-order valence-electron chi connectivity index (χ3n) is 5.95. The normalized spacial score (nSPS) is 15.2. The van der Waals surface area contributed by atoms with Crippen LogP contribution in [0.3, 0.4) is 0 Å². The van der Waals surface area contributed by atoms with Crippen LogP contribution in [0.2, 0.25) is 0 Å². The molecule has 1 aliphatic rings. The number of hydrogen-bond donors (Lipinski definition) is 3. The summed E-state index contributed by atoms with van der Waals surface area (Å²) in [6, 6.07) is 13.3. The highest BCUT2D eigenvalue weighted by molar-refractivity contribution is 7.71. The molecule has 0 saturated carbocycles. The van der Waals surface area contributed by atoms with Crippen LogP contribution < -0.4 is 10.2 Å². The van der Waals surface area contributed by atoms with Gasteiger partial charge in [0.25, 0.3) is 0 Å². The van der Waals surface area contributed by atoms with Gasteiger partial charge in [-0.05, 0) is 73.2 Å². The van der Waals surface area contributed by atoms with Gasteiger partial charge in [-0.15, -0.1) is 0 Å². The second kappa shape index (κ2) is 10.4. The van der Waals surface area contributed by atoms with Crippen LogP contribution in [-0.2, 0) is 0 Å². The van der Waals surface area contributed by atoms with E-state index in [2.05, 4.69) is 32.5 Å². The minimum atomic E-state index is 0.192. The number of hydrogen-bond acceptors (Lipinski definition) is 7. The van der Waals surface area contributed by atoms with Crippen molar-refractivity contribution in [1.82, 2.24) is 24.7 Å². The quantitative estimate of drug-likeness (QED) is 0.432. The molecular weight excluding hydrogens is 436 g/mol. The van der Waals surface area contributed by atoms with Crippen molar-refractivity contribution in [1.29, 1.82) is 0 Å². The molecule has 1 aromatic heterocycles. The molecule has 0 unspecified atom stereocenters. The Morgan fingerprint density at radius 1 is 1.12 bits per heavy atom. The molecule has 1 fully saturated rings. The number of ether oxygens (including phenoxy) is 1. The average Bonchev–Trinajstić information content (AvgIpc) is 3.16. The number of phenolic OH excluding ortho intramolecular Hbond substituents is 1. The molecule has 3 N–H and O–H groups in total. The van der Waals surface area contributed by atoms with E-state index in [1.165, 1.54) is 0 Å². The first-order valence-electron chi connectivity index (χ1n) is 11.3. The molecule has 33 heavy (non-hydrogen) atoms. The van der Waals surface area contributed by atoms with E-state index in [1.807, 2.05) is 50.2 Å². The van der Waals surface area contributed by atoms with Crippen molar-refractivity contribution in [3.63, 3.8) is 0 Å². The summed E-state index contributed by atoms with van der Waals surface area (Å²) >= 11 is 5.44. The molecular formula is C24H32N6O2S. The molecule has 3 aromatic rings. The number of aromatic nitrogens is 3. The van der Waals surface area contributed by atoms with Crippen molar-refractivity contribution >= 4 is 17.9 Å². The van der Waals surface area contributed by atoms with Gasteiger partial charge in [-0.1, -0.05) is 13.8 Å². The largest absolute Gasteiger partial charge is 0.508 e. The van der Waals surface area contributed by atoms with Crippen molar-refractivity contribution in [2.45, 2.75) is 19.8 Å². The van der Waals surface area contributed by atoms with Crippen LogP contribution in [0.15, 0.2) is 42.5 Å². The molecule has 0 amide bonds. The Kier molecular flexibility index (Phi) is 7.32. The average molecular weight is 469 g/mol. The molecule has 0 spiro atoms. The maximum Gasteiger partial charge on any atom is 0.214 e. The smallest absolute Gasteiger partial charge is 0.214 e. The minimum Gasteiger partial charge on any atom is -0.508 e. The van der Waals surface area contributed by atoms with Crippen LogP contribution in [0.25, 0.3) is 11.4 Å². The second-order valence-corrected chi connectivity index (χ2v) is 9.13. The number of benzene rings is 2. The third-order valence-corrected chi connectivity index (χ3v) is 6.22. The SMILES string of the molecule is CC(C)c1cc(-c2n[nH]c(=S)n2Nc2ccc(OCCN3CCN(C)CC3)cc2)ccc1O. The number of nitrogens with one attached hydrogen (secondary N) is 2. The lowest BCUT2D eigenvalue weighted by Crippen LogP contribution is -2.45. The van der Waals surface area contributed by atoms with E-state index in [-0.39, 0.29) is 11.7 Å². The molecule has 8 nitrogen and oxygen atoms in total. The first-order valence-corrected chi connectivity index (χ1v) is 11.7. The van der Waals surface area contributed by atoms with Crippen molar-refractivity contribution in [2.24, 2.45) is 0 Å². The van der Waals surface area contributed by atoms with E-state index >= 15 is 0 Å². The van der Waals surface area contributed by atoms with E-state index in [4.69, 9.17) is 17.0 Å². The fraction of sp³-hybridized carbons (Fsp3) is 0.417. The van der Waals surface area contributed by atoms with Gasteiger partial charge >= 0.3 is 0 Å². The number of H-pyrrole nitrogens is 1. The second-order valence-electron chi connectivity index (χ2n) is 8.75. The zero-order chi connectivity index (χ0) is 23.4. The van der Waals surface area contributed by atoms with Gasteiger partial charge in [0.2, 0.25) is 4.77 Å². The lowest BCUT2D eigenvalue weighted by Gasteiger charge is -2.32. The van der Waals surface area contributed by atoms with Gasteiger partial charge in [0, 0.05) is 38.3 Å². The Labute approximate surface area is 199 Å². The standard InChI is InChI=1S/C24H32N6O2S/c1-17(2)21-16-18(4-9-22(21)31)23-25-26-24(33)30(23)27-19-5-7-20(8-6-19)32-15-14-29-12-10-28(3)11-13-29/h4-9,16-17,27,31H,10-15H2,1-3H3,(H,26,33). The lowest BCUT2D eigenvalue weighted by atomic mass is 9.99. The van der Waals surface area contributed by atoms with Crippen LogP contribution in [0, 0.1) is 4.77 Å². The zero-order valence-corrected chi connectivity index (χ0v) is 20.2. The van der Waals surface area contributed by atoms with E-state index < -0.39 is 0 Å². The molecule has 2 heterocycles. The van der Waals surface area contributed by atoms with Crippen LogP contribution in [0.1, 0.15) is 25.3 Å². The fourth-order valence-electron chi connectivity index (χ4n) is 3.87. The van der Waals surface area contributed by atoms with Gasteiger partial charge in [-0.2, -0.15) is 5.10 Å². The van der Waals surface area contributed by atoms with Crippen LogP contribution >= 0.6 is 12.2 Å². The highest BCUT2D eigenvalue weighted by atomic mass is 32.1. The van der Waals surface area contributed by atoms with Crippen LogP contribution in [0.4, 0.5) is 5.69 Å². The van der Waals surface area contributed by atoms with E-state index in [9.17, 15) is 5.11 Å². The molecule has 1 saturated heterocycles. The summed E-state index contributed by atoms with van der Waals surface area (Å²) in [5, 5.41) is 17.4. The van der Waals surface area contributed by atoms with Gasteiger partial charge in [0.15, 0.2) is 5.82 Å². The topological polar surface area (TPSA) is 81.6 Å². The predicted octanol–water partition coefficient (Wildman–Crippen LogP) is 3.94. The molecule has 9 heteroatoms. The summed E-state index contributed by atoms with van der Waals surface area (Å²) in [4.78, 5) is 4.79. The van der Waals surface area contributed by atoms with E-state index in [1.54, 1.807) is 10.7 Å². The summed E-state index contributed by atoms with van der Waals surface area (Å²) < 4.78 is 8.12. The number of phenols is 1. The van der Waals surface area contributed by atoms with Gasteiger partial charge < -0.3 is 14.7 Å². The predicted molar refractivity (Wildman–Crippen MR) is 133 cm³/mol. The number of likely N-dealkylation sites (N-methyl/N-ethyl adjacent to an activating group) is 1. The first kappa shape index (κ1) is 23.3. The number of anilines is 1. The first-order chi connectivity index (χ1) is 15.9. The Balaban J connectivity index is 1.40. The van der Waals surface area contributed by atoms with Crippen molar-refractivity contribution in [3.05, 3.63) is 52.8 Å². The van der Waals surface area contributed by atoms with Gasteiger partial charge in [0.05, 0.1) is 5.69 Å². The molecule has 0 atom stereocenters. The summed E-state index contributed by atoms with van der Waals surface area (Å²) in [6.45, 7) is 10.1. The number of piperazine rings is 1. The van der Waals surface area contributed by atoms with Crippen LogP contribution in [-0.4, -0.2) is 76.2 Å². The number of aromatic hydroxyl groups is 1. The number of aromatic amines is 1. The maximum atomic E-state index is 10.1. The zero-order valence-electron chi connectivity index (χ0n) is 19.4. The Morgan fingerprint density at radius 2 is 1.85 bits per heavy atom. The molecule has 176 valence electrons. The Morgan fingerprint density at radius 3 is 2.55 bits per heavy atom. The van der Waals surface area contributed by atoms with Crippen molar-refractivity contribution < 1.29 is 9.84 Å². The Bertz CT molecular complexity index is 1120. The van der Waals surface area contributed by atoms with Crippen molar-refractivity contribution in [3.8, 4) is 22.9 Å². The summed E-state index contributed by atoms with van der Waals surface area (Å²) in [5.74, 6) is 1.96. The van der Waals surface area contributed by atoms with Crippen molar-refractivity contribution in [2.75, 3.05) is 51.8 Å². The maximum absolute atomic E-state index is 10.1. The molecule has 0 aliphatic carbocycles. The van der Waals surface area contributed by atoms with Gasteiger partial charge in [-0.25, -0.2) is 9.77 Å². The summed E-state index contributed by atoms with van der Waals surface area (Å²) in [5.41, 5.74) is 5.90. The molecule has 0 bridgehead atoms. The third kappa shape index (κ3) is 5.73. The molecule has 1 aliphatic heterocycles.